The minimum Gasteiger partial charge on any atom is -0.257 e. The summed E-state index contributed by atoms with van der Waals surface area (Å²) in [7, 11) is 0. The summed E-state index contributed by atoms with van der Waals surface area (Å²) >= 11 is 3.26. The summed E-state index contributed by atoms with van der Waals surface area (Å²) in [5.41, 5.74) is 0.0364. The molecule has 0 saturated heterocycles. The molecule has 2 rings (SSSR count). The fraction of sp³-hybridized carbons (Fsp3) is 0.125. The van der Waals surface area contributed by atoms with E-state index in [1.165, 1.54) is 4.40 Å². The number of aryl methyl sites for hydroxylation is 1. The lowest BCUT2D eigenvalue weighted by molar-refractivity contribution is 0.895. The van der Waals surface area contributed by atoms with Crippen molar-refractivity contribution in [3.05, 3.63) is 43.3 Å². The van der Waals surface area contributed by atoms with Crippen LogP contribution in [0.1, 0.15) is 5.56 Å². The van der Waals surface area contributed by atoms with E-state index in [2.05, 4.69) is 25.9 Å². The van der Waals surface area contributed by atoms with Crippen LogP contribution in [0.15, 0.2) is 26.3 Å². The SMILES string of the molecule is Cc1cc(Br)cn2c(=O)[nH]c(=O)nc12. The number of hydrogen-bond acceptors (Lipinski definition) is 3. The van der Waals surface area contributed by atoms with Crippen molar-refractivity contribution in [2.45, 2.75) is 6.92 Å². The topological polar surface area (TPSA) is 67.2 Å². The Bertz CT molecular complexity index is 614. The van der Waals surface area contributed by atoms with Crippen LogP contribution in [0.25, 0.3) is 5.65 Å². The molecule has 14 heavy (non-hydrogen) atoms. The molecule has 0 atom stereocenters. The van der Waals surface area contributed by atoms with Crippen molar-refractivity contribution in [1.29, 1.82) is 0 Å². The van der Waals surface area contributed by atoms with Gasteiger partial charge in [0, 0.05) is 10.7 Å². The third-order valence-electron chi connectivity index (χ3n) is 1.83. The van der Waals surface area contributed by atoms with Crippen LogP contribution in [-0.2, 0) is 0 Å². The van der Waals surface area contributed by atoms with E-state index < -0.39 is 11.4 Å². The number of nitrogens with one attached hydrogen (secondary N) is 1. The highest BCUT2D eigenvalue weighted by atomic mass is 79.9. The number of hydrogen-bond donors (Lipinski definition) is 1. The maximum atomic E-state index is 11.4. The second-order valence-corrected chi connectivity index (χ2v) is 3.80. The van der Waals surface area contributed by atoms with Gasteiger partial charge in [0.25, 0.3) is 0 Å². The highest BCUT2D eigenvalue weighted by molar-refractivity contribution is 9.10. The fourth-order valence-corrected chi connectivity index (χ4v) is 1.80. The molecule has 6 heteroatoms. The number of H-pyrrole nitrogens is 1. The van der Waals surface area contributed by atoms with Gasteiger partial charge >= 0.3 is 11.4 Å². The molecule has 0 fully saturated rings. The van der Waals surface area contributed by atoms with Gasteiger partial charge in [-0.2, -0.15) is 4.98 Å². The molecule has 0 aromatic carbocycles. The van der Waals surface area contributed by atoms with Crippen LogP contribution in [0.3, 0.4) is 0 Å². The minimum atomic E-state index is -0.625. The molecule has 1 N–H and O–H groups in total. The average Bonchev–Trinajstić information content (AvgIpc) is 2.07. The van der Waals surface area contributed by atoms with E-state index in [1.54, 1.807) is 19.2 Å². The molecule has 2 aromatic rings. The van der Waals surface area contributed by atoms with Gasteiger partial charge in [-0.25, -0.2) is 9.59 Å². The van der Waals surface area contributed by atoms with Crippen LogP contribution in [-0.4, -0.2) is 14.4 Å². The first kappa shape index (κ1) is 9.14. The van der Waals surface area contributed by atoms with E-state index in [0.717, 1.165) is 10.0 Å². The van der Waals surface area contributed by atoms with Gasteiger partial charge in [-0.05, 0) is 34.5 Å². The first-order valence-corrected chi connectivity index (χ1v) is 4.66. The summed E-state index contributed by atoms with van der Waals surface area (Å²) in [6.45, 7) is 1.78. The van der Waals surface area contributed by atoms with Crippen LogP contribution in [0.2, 0.25) is 0 Å². The van der Waals surface area contributed by atoms with Crippen molar-refractivity contribution < 1.29 is 0 Å². The first-order valence-electron chi connectivity index (χ1n) is 3.87. The van der Waals surface area contributed by atoms with E-state index >= 15 is 0 Å². The summed E-state index contributed by atoms with van der Waals surface area (Å²) in [4.78, 5) is 28.1. The Morgan fingerprint density at radius 2 is 2.21 bits per heavy atom. The molecule has 0 aliphatic heterocycles. The number of pyridine rings is 1. The Morgan fingerprint density at radius 1 is 1.50 bits per heavy atom. The summed E-state index contributed by atoms with van der Waals surface area (Å²) in [6.07, 6.45) is 1.56. The zero-order valence-electron chi connectivity index (χ0n) is 7.24. The molecule has 0 bridgehead atoms. The third-order valence-corrected chi connectivity index (χ3v) is 2.26. The molecule has 0 amide bonds. The monoisotopic (exact) mass is 255 g/mol. The molecular formula is C8H6BrN3O2. The Kier molecular flexibility index (Phi) is 1.99. The van der Waals surface area contributed by atoms with Crippen molar-refractivity contribution >= 4 is 21.6 Å². The summed E-state index contributed by atoms with van der Waals surface area (Å²) < 4.78 is 2.05. The summed E-state index contributed by atoms with van der Waals surface area (Å²) in [6, 6.07) is 1.79. The molecule has 2 aromatic heterocycles. The van der Waals surface area contributed by atoms with Gasteiger partial charge in [0.2, 0.25) is 0 Å². The normalized spacial score (nSPS) is 10.7. The molecule has 0 unspecified atom stereocenters. The van der Waals surface area contributed by atoms with Crippen LogP contribution in [0, 0.1) is 6.92 Å². The predicted molar refractivity (Wildman–Crippen MR) is 54.5 cm³/mol. The van der Waals surface area contributed by atoms with Gasteiger partial charge in [-0.1, -0.05) is 0 Å². The summed E-state index contributed by atoms with van der Waals surface area (Å²) in [5.74, 6) is 0. The maximum absolute atomic E-state index is 11.4. The molecule has 2 heterocycles. The second kappa shape index (κ2) is 3.06. The first-order chi connectivity index (χ1) is 6.58. The van der Waals surface area contributed by atoms with E-state index in [4.69, 9.17) is 0 Å². The van der Waals surface area contributed by atoms with Gasteiger partial charge in [0.05, 0.1) is 0 Å². The molecule has 0 saturated carbocycles. The number of nitrogens with zero attached hydrogens (tertiary/aromatic N) is 2. The standard InChI is InChI=1S/C8H6BrN3O2/c1-4-2-5(9)3-12-6(4)10-7(13)11-8(12)14/h2-3H,1H3,(H,11,13,14). The number of rotatable bonds is 0. The van der Waals surface area contributed by atoms with Crippen molar-refractivity contribution in [2.24, 2.45) is 0 Å². The second-order valence-electron chi connectivity index (χ2n) is 2.88. The Balaban J connectivity index is 3.10. The zero-order chi connectivity index (χ0) is 10.3. The number of fused-ring (bicyclic) bond motifs is 1. The van der Waals surface area contributed by atoms with E-state index in [9.17, 15) is 9.59 Å². The minimum absolute atomic E-state index is 0.377. The lowest BCUT2D eigenvalue weighted by Crippen LogP contribution is -2.28. The van der Waals surface area contributed by atoms with Crippen molar-refractivity contribution in [2.75, 3.05) is 0 Å². The van der Waals surface area contributed by atoms with Crippen molar-refractivity contribution in [3.63, 3.8) is 0 Å². The van der Waals surface area contributed by atoms with Crippen molar-refractivity contribution in [3.8, 4) is 0 Å². The zero-order valence-corrected chi connectivity index (χ0v) is 8.83. The molecule has 0 radical (unpaired) electrons. The highest BCUT2D eigenvalue weighted by Crippen LogP contribution is 2.12. The molecule has 0 aliphatic carbocycles. The van der Waals surface area contributed by atoms with Gasteiger partial charge in [-0.3, -0.25) is 9.38 Å². The highest BCUT2D eigenvalue weighted by Gasteiger charge is 2.03. The van der Waals surface area contributed by atoms with Crippen LogP contribution >= 0.6 is 15.9 Å². The van der Waals surface area contributed by atoms with Gasteiger partial charge in [-0.15, -0.1) is 0 Å². The van der Waals surface area contributed by atoms with Gasteiger partial charge < -0.3 is 0 Å². The fourth-order valence-electron chi connectivity index (χ4n) is 1.26. The third kappa shape index (κ3) is 1.37. The quantitative estimate of drug-likeness (QED) is 0.744. The van der Waals surface area contributed by atoms with E-state index in [-0.39, 0.29) is 0 Å². The smallest absolute Gasteiger partial charge is 0.257 e. The largest absolute Gasteiger partial charge is 0.351 e. The Labute approximate surface area is 86.6 Å². The maximum Gasteiger partial charge on any atom is 0.351 e. The van der Waals surface area contributed by atoms with E-state index in [0.29, 0.717) is 5.65 Å². The predicted octanol–water partition coefficient (Wildman–Crippen LogP) is 0.454. The molecule has 0 aliphatic rings. The average molecular weight is 256 g/mol. The number of aromatic amines is 1. The van der Waals surface area contributed by atoms with Crippen LogP contribution < -0.4 is 11.4 Å². The van der Waals surface area contributed by atoms with E-state index in [1.807, 2.05) is 0 Å². The van der Waals surface area contributed by atoms with Crippen molar-refractivity contribution in [1.82, 2.24) is 14.4 Å². The van der Waals surface area contributed by atoms with Gasteiger partial charge in [0.1, 0.15) is 5.65 Å². The van der Waals surface area contributed by atoms with Crippen LogP contribution in [0.5, 0.6) is 0 Å². The molecule has 72 valence electrons. The Hall–Kier alpha value is -1.43. The molecule has 5 nitrogen and oxygen atoms in total. The Morgan fingerprint density at radius 3 is 2.93 bits per heavy atom. The van der Waals surface area contributed by atoms with Gasteiger partial charge in [0.15, 0.2) is 0 Å². The molecule has 0 spiro atoms. The number of halogens is 1. The molecular weight excluding hydrogens is 250 g/mol. The summed E-state index contributed by atoms with van der Waals surface area (Å²) in [5, 5.41) is 0. The number of aromatic nitrogens is 3. The van der Waals surface area contributed by atoms with Crippen LogP contribution in [0.4, 0.5) is 0 Å². The lowest BCUT2D eigenvalue weighted by atomic mass is 10.3. The lowest BCUT2D eigenvalue weighted by Gasteiger charge is -2.02.